The highest BCUT2D eigenvalue weighted by atomic mass is 19.1. The van der Waals surface area contributed by atoms with Gasteiger partial charge in [-0.05, 0) is 112 Å². The zero-order valence-corrected chi connectivity index (χ0v) is 51.2. The van der Waals surface area contributed by atoms with Crippen molar-refractivity contribution in [2.75, 3.05) is 154 Å². The molecule has 0 spiro atoms. The molecule has 0 unspecified atom stereocenters. The average molecular weight is 1220 g/mol. The molecule has 24 heteroatoms. The van der Waals surface area contributed by atoms with E-state index in [0.29, 0.717) is 117 Å². The Labute approximate surface area is 514 Å². The van der Waals surface area contributed by atoms with E-state index in [2.05, 4.69) is 54.6 Å². The maximum Gasteiger partial charge on any atom is 0.258 e. The van der Waals surface area contributed by atoms with Crippen molar-refractivity contribution in [3.8, 4) is 17.0 Å². The summed E-state index contributed by atoms with van der Waals surface area (Å²) in [5, 5.41) is 20.6. The van der Waals surface area contributed by atoms with Crippen LogP contribution in [0.15, 0.2) is 79.4 Å². The van der Waals surface area contributed by atoms with Gasteiger partial charge in [-0.25, -0.2) is 23.7 Å². The van der Waals surface area contributed by atoms with Crippen LogP contribution in [0.25, 0.3) is 16.9 Å². The molecule has 476 valence electrons. The smallest absolute Gasteiger partial charge is 0.258 e. The Bertz CT molecular complexity index is 3190. The molecule has 5 N–H and O–H groups in total. The molecule has 1 aliphatic heterocycles. The summed E-state index contributed by atoms with van der Waals surface area (Å²) in [7, 11) is 3.57. The second kappa shape index (κ2) is 35.0. The molecule has 2 fully saturated rings. The molecule has 1 atom stereocenters. The minimum absolute atomic E-state index is 0.00328. The third-order valence-electron chi connectivity index (χ3n) is 15.4. The average Bonchev–Trinajstić information content (AvgIpc) is 2.62. The molecule has 8 rings (SSSR count). The lowest BCUT2D eigenvalue weighted by atomic mass is 9.99. The maximum atomic E-state index is 15.1. The summed E-state index contributed by atoms with van der Waals surface area (Å²) in [4.78, 5) is 50.0. The fourth-order valence-electron chi connectivity index (χ4n) is 10.1. The number of carbonyl (C=O) groups is 2. The van der Waals surface area contributed by atoms with Gasteiger partial charge in [-0.1, -0.05) is 25.1 Å². The van der Waals surface area contributed by atoms with E-state index in [1.165, 1.54) is 41.9 Å². The van der Waals surface area contributed by atoms with E-state index in [4.69, 9.17) is 43.9 Å². The molecule has 1 saturated heterocycles. The summed E-state index contributed by atoms with van der Waals surface area (Å²) < 4.78 is 71.9. The number of benzene rings is 2. The van der Waals surface area contributed by atoms with Crippen LogP contribution in [0, 0.1) is 18.6 Å². The number of ether oxygens (including phenoxy) is 7. The molecule has 2 amide bonds. The Hall–Kier alpha value is -7.29. The molecule has 0 radical (unpaired) electrons. The van der Waals surface area contributed by atoms with Gasteiger partial charge in [0.2, 0.25) is 5.91 Å². The van der Waals surface area contributed by atoms with Crippen molar-refractivity contribution in [1.29, 1.82) is 0 Å². The van der Waals surface area contributed by atoms with Crippen molar-refractivity contribution in [2.24, 2.45) is 0 Å². The summed E-state index contributed by atoms with van der Waals surface area (Å²) in [6.45, 7) is 12.4. The van der Waals surface area contributed by atoms with Crippen LogP contribution < -0.4 is 26.0 Å². The number of fused-ring (bicyclic) bond motifs is 1. The Morgan fingerprint density at radius 2 is 1.53 bits per heavy atom. The normalized spacial score (nSPS) is 14.4. The summed E-state index contributed by atoms with van der Waals surface area (Å²) in [5.41, 5.74) is 11.9. The van der Waals surface area contributed by atoms with E-state index < -0.39 is 17.5 Å². The monoisotopic (exact) mass is 1220 g/mol. The Morgan fingerprint density at radius 3 is 2.20 bits per heavy atom. The van der Waals surface area contributed by atoms with E-state index in [-0.39, 0.29) is 65.8 Å². The lowest BCUT2D eigenvalue weighted by molar-refractivity contribution is -0.125. The van der Waals surface area contributed by atoms with Gasteiger partial charge in [-0.2, -0.15) is 9.61 Å². The number of hydrogen-bond donors (Lipinski definition) is 4. The van der Waals surface area contributed by atoms with Gasteiger partial charge in [0, 0.05) is 93.1 Å². The summed E-state index contributed by atoms with van der Waals surface area (Å²) >= 11 is 0. The summed E-state index contributed by atoms with van der Waals surface area (Å²) in [6, 6.07) is 13.4. The number of halogens is 2. The van der Waals surface area contributed by atoms with Crippen LogP contribution in [-0.4, -0.2) is 195 Å². The van der Waals surface area contributed by atoms with E-state index >= 15 is 4.39 Å². The first kappa shape index (κ1) is 66.7. The molecule has 6 aromatic rings. The largest absolute Gasteiger partial charge is 0.486 e. The van der Waals surface area contributed by atoms with E-state index in [9.17, 15) is 19.1 Å². The highest BCUT2D eigenvalue weighted by Gasteiger charge is 2.27. The number of nitrogen functional groups attached to an aromatic ring is 1. The minimum atomic E-state index is -0.716. The molecule has 2 aromatic carbocycles. The van der Waals surface area contributed by atoms with Crippen molar-refractivity contribution in [3.63, 3.8) is 0 Å². The number of piperidine rings is 1. The second-order valence-corrected chi connectivity index (χ2v) is 21.9. The fraction of sp³-hybridized carbons (Fsp3) is 0.516. The first-order valence-corrected chi connectivity index (χ1v) is 30.5. The number of carbonyl (C=O) groups excluding carboxylic acids is 2. The van der Waals surface area contributed by atoms with Gasteiger partial charge in [-0.15, -0.1) is 0 Å². The molecular weight excluding hydrogens is 1130 g/mol. The molecule has 1 aliphatic carbocycles. The van der Waals surface area contributed by atoms with Crippen LogP contribution in [0.3, 0.4) is 0 Å². The summed E-state index contributed by atoms with van der Waals surface area (Å²) in [5.74, 6) is -0.0565. The number of aliphatic hydroxyl groups is 1. The van der Waals surface area contributed by atoms with Crippen LogP contribution in [0.4, 0.5) is 31.9 Å². The fourth-order valence-corrected chi connectivity index (χ4v) is 10.1. The molecule has 1 saturated carbocycles. The number of pyridine rings is 1. The maximum absolute atomic E-state index is 15.1. The molecule has 88 heavy (non-hydrogen) atoms. The third kappa shape index (κ3) is 20.1. The molecule has 2 aliphatic rings. The van der Waals surface area contributed by atoms with E-state index in [1.807, 2.05) is 34.9 Å². The van der Waals surface area contributed by atoms with E-state index in [0.717, 1.165) is 90.8 Å². The number of likely N-dealkylation sites (N-methyl/N-ethyl adjacent to an activating group) is 2. The predicted octanol–water partition coefficient (Wildman–Crippen LogP) is 7.46. The topological polar surface area (TPSA) is 248 Å². The van der Waals surface area contributed by atoms with Crippen LogP contribution in [-0.2, 0) is 52.6 Å². The van der Waals surface area contributed by atoms with E-state index in [1.54, 1.807) is 26.1 Å². The van der Waals surface area contributed by atoms with Gasteiger partial charge in [0.15, 0.2) is 17.2 Å². The second-order valence-electron chi connectivity index (χ2n) is 21.9. The van der Waals surface area contributed by atoms with Crippen LogP contribution in [0.2, 0.25) is 0 Å². The lowest BCUT2D eigenvalue weighted by Crippen LogP contribution is -2.40. The number of nitrogens with one attached hydrogen (secondary N) is 2. The molecule has 0 bridgehead atoms. The number of amides is 2. The van der Waals surface area contributed by atoms with Gasteiger partial charge in [0.05, 0.1) is 97.6 Å². The number of hydrogen-bond acceptors (Lipinski definition) is 19. The van der Waals surface area contributed by atoms with Crippen molar-refractivity contribution < 1.29 is 56.6 Å². The van der Waals surface area contributed by atoms with Gasteiger partial charge >= 0.3 is 0 Å². The first-order chi connectivity index (χ1) is 42.9. The lowest BCUT2D eigenvalue weighted by Gasteiger charge is -2.36. The van der Waals surface area contributed by atoms with Gasteiger partial charge in [0.25, 0.3) is 5.91 Å². The van der Waals surface area contributed by atoms with Gasteiger partial charge < -0.3 is 69.3 Å². The van der Waals surface area contributed by atoms with Crippen LogP contribution in [0.1, 0.15) is 89.7 Å². The van der Waals surface area contributed by atoms with Crippen LogP contribution in [0.5, 0.6) is 5.75 Å². The zero-order chi connectivity index (χ0) is 62.0. The standard InChI is InChI=1S/C64H86F2N12O10/c1-5-47-43-72-78-57(40-58(74-63(47)78)77-20-7-6-9-52(77)17-23-79)69-42-46-11-15-51(68-41-46)18-24-82-27-29-84-31-33-86-35-36-87-34-32-85-30-28-83-25-21-75(3)19-8-10-59(80)76(4)22-26-88-61-60(70-44-71-62(61)67)54-38-50(65)39-56(45(54)2)73-64(81)53-16-14-49(37-55(53)66)48-12-13-48/h8,10-11,14-16,37-41,43-44,48,52,69,79H,5-7,9,12-13,17-36,42H2,1-4H3,(H,73,81)(H2,67,70,71)/b10-8+/t52-/m0/s1. The predicted molar refractivity (Wildman–Crippen MR) is 332 cm³/mol. The molecular formula is C64H86F2N12O10. The van der Waals surface area contributed by atoms with Crippen molar-refractivity contribution in [3.05, 3.63) is 125 Å². The Morgan fingerprint density at radius 1 is 0.818 bits per heavy atom. The number of aromatic nitrogens is 6. The number of anilines is 4. The number of nitrogens with zero attached hydrogens (tertiary/aromatic N) is 9. The first-order valence-electron chi connectivity index (χ1n) is 30.5. The van der Waals surface area contributed by atoms with Gasteiger partial charge in [-0.3, -0.25) is 14.6 Å². The van der Waals surface area contributed by atoms with Crippen molar-refractivity contribution >= 4 is 40.6 Å². The summed E-state index contributed by atoms with van der Waals surface area (Å²) in [6.07, 6.45) is 15.9. The van der Waals surface area contributed by atoms with Gasteiger partial charge in [0.1, 0.15) is 41.9 Å². The molecule has 22 nitrogen and oxygen atoms in total. The van der Waals surface area contributed by atoms with Crippen molar-refractivity contribution in [2.45, 2.75) is 83.7 Å². The highest BCUT2D eigenvalue weighted by molar-refractivity contribution is 6.05. The Kier molecular flexibility index (Phi) is 26.5. The van der Waals surface area contributed by atoms with Crippen LogP contribution >= 0.6 is 0 Å². The molecule has 5 heterocycles. The quantitative estimate of drug-likeness (QED) is 0.0216. The number of aryl methyl sites for hydroxylation is 1. The zero-order valence-electron chi connectivity index (χ0n) is 51.2. The number of rotatable bonds is 39. The Balaban J connectivity index is 0.596. The SMILES string of the molecule is CCc1cnn2c(NCc3ccc(CCOCCOCCOCCOCCOCCOCCN(C)C/C=C/C(=O)N(C)CCOc4c(N)ncnc4-c4cc(F)cc(NC(=O)c5ccc(C6CC6)cc5F)c4C)nc3)cc(N3CCCC[C@H]3CCO)nc12. The van der Waals surface area contributed by atoms with Crippen molar-refractivity contribution in [1.82, 2.24) is 39.3 Å². The number of aliphatic hydroxyl groups excluding tert-OH is 1. The molecule has 4 aromatic heterocycles. The minimum Gasteiger partial charge on any atom is -0.486 e. The highest BCUT2D eigenvalue weighted by Crippen LogP contribution is 2.41. The third-order valence-corrected chi connectivity index (χ3v) is 15.4. The number of nitrogens with two attached hydrogens (primary N) is 1.